The molecule has 0 aliphatic rings. The second-order valence-electron chi connectivity index (χ2n) is 4.17. The number of aryl methyl sites for hydroxylation is 1. The highest BCUT2D eigenvalue weighted by Crippen LogP contribution is 2.23. The summed E-state index contributed by atoms with van der Waals surface area (Å²) < 4.78 is 0. The number of aromatic nitrogens is 2. The molecule has 1 aromatic heterocycles. The first-order chi connectivity index (χ1) is 7.74. The summed E-state index contributed by atoms with van der Waals surface area (Å²) in [6.07, 6.45) is 9.01. The van der Waals surface area contributed by atoms with E-state index >= 15 is 0 Å². The number of hydrogen-bond acceptors (Lipinski definition) is 3. The molecule has 0 radical (unpaired) electrons. The lowest BCUT2D eigenvalue weighted by Crippen LogP contribution is -1.85. The summed E-state index contributed by atoms with van der Waals surface area (Å²) in [7, 11) is 0. The third-order valence-electron chi connectivity index (χ3n) is 2.57. The van der Waals surface area contributed by atoms with E-state index in [2.05, 4.69) is 17.1 Å². The quantitative estimate of drug-likeness (QED) is 0.498. The van der Waals surface area contributed by atoms with Gasteiger partial charge in [0.2, 0.25) is 0 Å². The Morgan fingerprint density at radius 2 is 1.81 bits per heavy atom. The van der Waals surface area contributed by atoms with Crippen LogP contribution in [0.25, 0.3) is 0 Å². The highest BCUT2D eigenvalue weighted by atomic mass is 35.5. The minimum atomic E-state index is -0.00388. The van der Waals surface area contributed by atoms with E-state index in [1.807, 2.05) is 6.92 Å². The summed E-state index contributed by atoms with van der Waals surface area (Å²) in [4.78, 5) is 0. The van der Waals surface area contributed by atoms with Gasteiger partial charge in [-0.3, -0.25) is 0 Å². The topological polar surface area (TPSA) is 25.8 Å². The van der Waals surface area contributed by atoms with Crippen LogP contribution in [0.3, 0.4) is 0 Å². The Morgan fingerprint density at radius 3 is 2.44 bits per heavy atom. The molecular formula is C12H21ClN2S. The molecule has 4 heteroatoms. The van der Waals surface area contributed by atoms with Crippen LogP contribution in [0, 0.1) is 0 Å². The van der Waals surface area contributed by atoms with Gasteiger partial charge in [-0.25, -0.2) is 0 Å². The maximum absolute atomic E-state index is 5.94. The van der Waals surface area contributed by atoms with Crippen LogP contribution in [-0.2, 0) is 6.42 Å². The first-order valence-corrected chi connectivity index (χ1v) is 7.45. The minimum Gasteiger partial charge on any atom is -0.144 e. The number of alkyl halides is 1. The van der Waals surface area contributed by atoms with Crippen molar-refractivity contribution in [3.63, 3.8) is 0 Å². The van der Waals surface area contributed by atoms with Gasteiger partial charge in [0, 0.05) is 6.42 Å². The maximum Gasteiger partial charge on any atom is 0.135 e. The molecule has 0 saturated heterocycles. The van der Waals surface area contributed by atoms with Gasteiger partial charge in [0.25, 0.3) is 0 Å². The van der Waals surface area contributed by atoms with Crippen molar-refractivity contribution in [2.45, 2.75) is 64.2 Å². The van der Waals surface area contributed by atoms with E-state index in [9.17, 15) is 0 Å². The van der Waals surface area contributed by atoms with E-state index in [0.717, 1.165) is 16.4 Å². The zero-order chi connectivity index (χ0) is 11.8. The maximum atomic E-state index is 5.94. The van der Waals surface area contributed by atoms with Gasteiger partial charge in [-0.15, -0.1) is 21.8 Å². The van der Waals surface area contributed by atoms with E-state index in [1.165, 1.54) is 38.5 Å². The zero-order valence-corrected chi connectivity index (χ0v) is 11.8. The highest BCUT2D eigenvalue weighted by molar-refractivity contribution is 7.11. The highest BCUT2D eigenvalue weighted by Gasteiger charge is 2.08. The van der Waals surface area contributed by atoms with Crippen molar-refractivity contribution in [1.82, 2.24) is 10.2 Å². The molecule has 0 spiro atoms. The van der Waals surface area contributed by atoms with Crippen molar-refractivity contribution in [2.75, 3.05) is 0 Å². The molecule has 1 aromatic rings. The largest absolute Gasteiger partial charge is 0.144 e. The second kappa shape index (κ2) is 8.02. The smallest absolute Gasteiger partial charge is 0.135 e. The monoisotopic (exact) mass is 260 g/mol. The van der Waals surface area contributed by atoms with Crippen molar-refractivity contribution < 1.29 is 0 Å². The average molecular weight is 261 g/mol. The lowest BCUT2D eigenvalue weighted by molar-refractivity contribution is 0.606. The van der Waals surface area contributed by atoms with Gasteiger partial charge in [0.15, 0.2) is 0 Å². The van der Waals surface area contributed by atoms with Crippen molar-refractivity contribution in [1.29, 1.82) is 0 Å². The predicted molar refractivity (Wildman–Crippen MR) is 71.3 cm³/mol. The third kappa shape index (κ3) is 5.26. The Hall–Kier alpha value is -0.150. The van der Waals surface area contributed by atoms with Crippen LogP contribution in [-0.4, -0.2) is 10.2 Å². The zero-order valence-electron chi connectivity index (χ0n) is 10.2. The molecule has 1 unspecified atom stereocenters. The van der Waals surface area contributed by atoms with Gasteiger partial charge in [-0.05, 0) is 13.3 Å². The van der Waals surface area contributed by atoms with Gasteiger partial charge in [0.05, 0.1) is 5.38 Å². The molecule has 0 N–H and O–H groups in total. The Labute approximate surface area is 107 Å². The van der Waals surface area contributed by atoms with Gasteiger partial charge >= 0.3 is 0 Å². The van der Waals surface area contributed by atoms with Crippen molar-refractivity contribution >= 4 is 22.9 Å². The van der Waals surface area contributed by atoms with Crippen molar-refractivity contribution in [2.24, 2.45) is 0 Å². The summed E-state index contributed by atoms with van der Waals surface area (Å²) in [5.74, 6) is 0. The molecular weight excluding hydrogens is 240 g/mol. The summed E-state index contributed by atoms with van der Waals surface area (Å²) in [6, 6.07) is 0. The fourth-order valence-corrected chi connectivity index (χ4v) is 2.58. The average Bonchev–Trinajstić information content (AvgIpc) is 2.72. The van der Waals surface area contributed by atoms with Crippen molar-refractivity contribution in [3.05, 3.63) is 10.0 Å². The Morgan fingerprint density at radius 1 is 1.12 bits per heavy atom. The van der Waals surface area contributed by atoms with E-state index < -0.39 is 0 Å². The summed E-state index contributed by atoms with van der Waals surface area (Å²) in [6.45, 7) is 4.19. The van der Waals surface area contributed by atoms with Crippen LogP contribution in [0.1, 0.15) is 67.8 Å². The van der Waals surface area contributed by atoms with Crippen LogP contribution >= 0.6 is 22.9 Å². The summed E-state index contributed by atoms with van der Waals surface area (Å²) in [5, 5.41) is 10.3. The van der Waals surface area contributed by atoms with E-state index in [0.29, 0.717) is 0 Å². The first kappa shape index (κ1) is 13.9. The van der Waals surface area contributed by atoms with Crippen LogP contribution in [0.5, 0.6) is 0 Å². The van der Waals surface area contributed by atoms with Crippen LogP contribution < -0.4 is 0 Å². The Balaban J connectivity index is 2.12. The van der Waals surface area contributed by atoms with Gasteiger partial charge < -0.3 is 0 Å². The number of halogens is 1. The molecule has 1 atom stereocenters. The Bertz CT molecular complexity index is 286. The van der Waals surface area contributed by atoms with E-state index in [-0.39, 0.29) is 5.38 Å². The fourth-order valence-electron chi connectivity index (χ4n) is 1.58. The summed E-state index contributed by atoms with van der Waals surface area (Å²) >= 11 is 7.60. The molecule has 1 heterocycles. The van der Waals surface area contributed by atoms with E-state index in [4.69, 9.17) is 11.6 Å². The number of nitrogens with zero attached hydrogens (tertiary/aromatic N) is 2. The molecule has 92 valence electrons. The van der Waals surface area contributed by atoms with Gasteiger partial charge in [-0.2, -0.15) is 0 Å². The standard InChI is InChI=1S/C12H21ClN2S/c1-3-4-5-6-7-8-9-11-14-15-12(16-11)10(2)13/h10H,3-9H2,1-2H3. The molecule has 0 aromatic carbocycles. The van der Waals surface area contributed by atoms with Crippen LogP contribution in [0.4, 0.5) is 0 Å². The predicted octanol–water partition coefficient (Wildman–Crippen LogP) is 4.74. The SMILES string of the molecule is CCCCCCCCc1nnc(C(C)Cl)s1. The van der Waals surface area contributed by atoms with Gasteiger partial charge in [0.1, 0.15) is 10.0 Å². The normalized spacial score (nSPS) is 12.9. The molecule has 0 aliphatic carbocycles. The lowest BCUT2D eigenvalue weighted by Gasteiger charge is -1.98. The van der Waals surface area contributed by atoms with Gasteiger partial charge in [-0.1, -0.05) is 50.4 Å². The van der Waals surface area contributed by atoms with Crippen molar-refractivity contribution in [3.8, 4) is 0 Å². The van der Waals surface area contributed by atoms with E-state index in [1.54, 1.807) is 11.3 Å². The molecule has 0 amide bonds. The lowest BCUT2D eigenvalue weighted by atomic mass is 10.1. The number of hydrogen-bond donors (Lipinski definition) is 0. The third-order valence-corrected chi connectivity index (χ3v) is 4.07. The molecule has 0 aliphatic heterocycles. The first-order valence-electron chi connectivity index (χ1n) is 6.20. The number of rotatable bonds is 8. The molecule has 2 nitrogen and oxygen atoms in total. The van der Waals surface area contributed by atoms with Crippen LogP contribution in [0.15, 0.2) is 0 Å². The summed E-state index contributed by atoms with van der Waals surface area (Å²) in [5.41, 5.74) is 0. The molecule has 0 fully saturated rings. The second-order valence-corrected chi connectivity index (χ2v) is 5.92. The molecule has 0 bridgehead atoms. The number of unbranched alkanes of at least 4 members (excludes halogenated alkanes) is 5. The van der Waals surface area contributed by atoms with Crippen LogP contribution in [0.2, 0.25) is 0 Å². The molecule has 16 heavy (non-hydrogen) atoms. The fraction of sp³-hybridized carbons (Fsp3) is 0.833. The molecule has 0 saturated carbocycles. The Kier molecular flexibility index (Phi) is 6.97. The minimum absolute atomic E-state index is 0.00388. The molecule has 1 rings (SSSR count).